The Morgan fingerprint density at radius 2 is 2.16 bits per heavy atom. The number of nitrogens with zero attached hydrogens (tertiary/aromatic N) is 3. The van der Waals surface area contributed by atoms with E-state index in [4.69, 9.17) is 0 Å². The van der Waals surface area contributed by atoms with Crippen LogP contribution in [0, 0.1) is 5.82 Å². The normalized spacial score (nSPS) is 10.7. The maximum atomic E-state index is 13.8. The first-order valence-corrected chi connectivity index (χ1v) is 7.35. The van der Waals surface area contributed by atoms with E-state index in [-0.39, 0.29) is 5.82 Å². The van der Waals surface area contributed by atoms with E-state index in [0.717, 1.165) is 14.4 Å². The zero-order chi connectivity index (χ0) is 13.8. The van der Waals surface area contributed by atoms with E-state index in [2.05, 4.69) is 15.5 Å². The largest absolute Gasteiger partial charge is 0.353 e. The van der Waals surface area contributed by atoms with Crippen LogP contribution in [0.1, 0.15) is 5.56 Å². The molecule has 0 amide bonds. The van der Waals surface area contributed by atoms with Gasteiger partial charge in [0.2, 0.25) is 5.13 Å². The molecule has 4 nitrogen and oxygen atoms in total. The Hall–Kier alpha value is -1.18. The third kappa shape index (κ3) is 3.43. The minimum absolute atomic E-state index is 0.198. The van der Waals surface area contributed by atoms with Crippen LogP contribution in [-0.2, 0) is 6.54 Å². The van der Waals surface area contributed by atoms with Crippen LogP contribution in [-0.4, -0.2) is 31.3 Å². The van der Waals surface area contributed by atoms with Crippen molar-refractivity contribution in [3.63, 3.8) is 0 Å². The number of rotatable bonds is 5. The van der Waals surface area contributed by atoms with E-state index in [1.165, 1.54) is 29.2 Å². The molecule has 1 aromatic carbocycles. The fourth-order valence-electron chi connectivity index (χ4n) is 1.50. The van der Waals surface area contributed by atoms with Gasteiger partial charge in [-0.2, -0.15) is 0 Å². The number of anilines is 1. The van der Waals surface area contributed by atoms with Gasteiger partial charge in [0.05, 0.1) is 0 Å². The lowest BCUT2D eigenvalue weighted by Crippen LogP contribution is -2.08. The van der Waals surface area contributed by atoms with Crippen LogP contribution in [0.15, 0.2) is 27.4 Å². The van der Waals surface area contributed by atoms with Gasteiger partial charge in [-0.3, -0.25) is 0 Å². The lowest BCUT2D eigenvalue weighted by Gasteiger charge is -2.08. The standard InChI is InChI=1S/C12H15FN4S2/c1-14-7-8-9(13)5-4-6-10(8)18-12-16-15-11(19-12)17(2)3/h4-6,14H,7H2,1-3H3. The Bertz CT molecular complexity index is 556. The van der Waals surface area contributed by atoms with Crippen LogP contribution in [0.3, 0.4) is 0 Å². The van der Waals surface area contributed by atoms with Crippen LogP contribution in [0.2, 0.25) is 0 Å². The summed E-state index contributed by atoms with van der Waals surface area (Å²) in [4.78, 5) is 2.78. The summed E-state index contributed by atoms with van der Waals surface area (Å²) >= 11 is 2.94. The van der Waals surface area contributed by atoms with E-state index in [1.54, 1.807) is 13.1 Å². The smallest absolute Gasteiger partial charge is 0.208 e. The summed E-state index contributed by atoms with van der Waals surface area (Å²) < 4.78 is 14.6. The summed E-state index contributed by atoms with van der Waals surface area (Å²) in [5.74, 6) is -0.198. The van der Waals surface area contributed by atoms with Crippen molar-refractivity contribution in [3.05, 3.63) is 29.6 Å². The van der Waals surface area contributed by atoms with Gasteiger partial charge in [-0.25, -0.2) is 4.39 Å². The van der Waals surface area contributed by atoms with Crippen LogP contribution >= 0.6 is 23.1 Å². The molecule has 7 heteroatoms. The van der Waals surface area contributed by atoms with Crippen molar-refractivity contribution < 1.29 is 4.39 Å². The molecule has 2 aromatic rings. The number of hydrogen-bond acceptors (Lipinski definition) is 6. The van der Waals surface area contributed by atoms with E-state index in [0.29, 0.717) is 12.1 Å². The Kier molecular flexibility index (Phi) is 4.73. The molecule has 19 heavy (non-hydrogen) atoms. The van der Waals surface area contributed by atoms with Gasteiger partial charge in [0.25, 0.3) is 0 Å². The topological polar surface area (TPSA) is 41.1 Å². The summed E-state index contributed by atoms with van der Waals surface area (Å²) in [7, 11) is 5.64. The highest BCUT2D eigenvalue weighted by molar-refractivity contribution is 8.01. The lowest BCUT2D eigenvalue weighted by molar-refractivity contribution is 0.594. The molecular weight excluding hydrogens is 283 g/mol. The van der Waals surface area contributed by atoms with Gasteiger partial charge in [-0.15, -0.1) is 10.2 Å². The third-order valence-electron chi connectivity index (χ3n) is 2.41. The molecule has 1 heterocycles. The van der Waals surface area contributed by atoms with Crippen LogP contribution < -0.4 is 10.2 Å². The molecule has 0 spiro atoms. The quantitative estimate of drug-likeness (QED) is 0.919. The van der Waals surface area contributed by atoms with Crippen molar-refractivity contribution in [2.24, 2.45) is 0 Å². The van der Waals surface area contributed by atoms with Crippen molar-refractivity contribution >= 4 is 28.2 Å². The maximum absolute atomic E-state index is 13.8. The number of benzene rings is 1. The molecule has 0 saturated heterocycles. The maximum Gasteiger partial charge on any atom is 0.208 e. The predicted octanol–water partition coefficient (Wildman–Crippen LogP) is 2.61. The Morgan fingerprint density at radius 3 is 2.79 bits per heavy atom. The molecule has 0 fully saturated rings. The summed E-state index contributed by atoms with van der Waals surface area (Å²) in [6.07, 6.45) is 0. The second-order valence-corrected chi connectivity index (χ2v) is 6.34. The zero-order valence-corrected chi connectivity index (χ0v) is 12.6. The molecule has 0 aliphatic heterocycles. The fourth-order valence-corrected chi connectivity index (χ4v) is 3.37. The predicted molar refractivity (Wildman–Crippen MR) is 77.5 cm³/mol. The highest BCUT2D eigenvalue weighted by atomic mass is 32.2. The molecule has 0 saturated carbocycles. The molecule has 0 atom stereocenters. The molecule has 1 N–H and O–H groups in total. The lowest BCUT2D eigenvalue weighted by atomic mass is 10.2. The van der Waals surface area contributed by atoms with Crippen molar-refractivity contribution in [1.82, 2.24) is 15.5 Å². The van der Waals surface area contributed by atoms with Gasteiger partial charge in [-0.05, 0) is 19.2 Å². The first-order chi connectivity index (χ1) is 9.11. The highest BCUT2D eigenvalue weighted by Gasteiger charge is 2.12. The average molecular weight is 298 g/mol. The van der Waals surface area contributed by atoms with E-state index in [1.807, 2.05) is 25.1 Å². The second-order valence-electron chi connectivity index (χ2n) is 4.09. The van der Waals surface area contributed by atoms with E-state index >= 15 is 0 Å². The molecule has 0 aliphatic rings. The first-order valence-electron chi connectivity index (χ1n) is 5.72. The van der Waals surface area contributed by atoms with Gasteiger partial charge in [0.15, 0.2) is 4.34 Å². The number of halogens is 1. The summed E-state index contributed by atoms with van der Waals surface area (Å²) in [6, 6.07) is 5.09. The molecule has 1 aromatic heterocycles. The average Bonchev–Trinajstić information content (AvgIpc) is 2.82. The van der Waals surface area contributed by atoms with Crippen molar-refractivity contribution in [3.8, 4) is 0 Å². The molecule has 2 rings (SSSR count). The number of hydrogen-bond donors (Lipinski definition) is 1. The first kappa shape index (κ1) is 14.2. The van der Waals surface area contributed by atoms with Gasteiger partial charge in [-0.1, -0.05) is 29.2 Å². The summed E-state index contributed by atoms with van der Waals surface area (Å²) in [6.45, 7) is 0.494. The Balaban J connectivity index is 2.24. The highest BCUT2D eigenvalue weighted by Crippen LogP contribution is 2.35. The Morgan fingerprint density at radius 1 is 1.37 bits per heavy atom. The number of aromatic nitrogens is 2. The summed E-state index contributed by atoms with van der Waals surface area (Å²) in [5.41, 5.74) is 0.664. The molecule has 0 unspecified atom stereocenters. The van der Waals surface area contributed by atoms with Crippen LogP contribution in [0.25, 0.3) is 0 Å². The molecule has 102 valence electrons. The summed E-state index contributed by atoms with van der Waals surface area (Å²) in [5, 5.41) is 12.0. The zero-order valence-electron chi connectivity index (χ0n) is 11.0. The van der Waals surface area contributed by atoms with Crippen LogP contribution in [0.5, 0.6) is 0 Å². The van der Waals surface area contributed by atoms with E-state index in [9.17, 15) is 4.39 Å². The van der Waals surface area contributed by atoms with Gasteiger partial charge >= 0.3 is 0 Å². The van der Waals surface area contributed by atoms with Gasteiger partial charge in [0.1, 0.15) is 5.82 Å². The van der Waals surface area contributed by atoms with Gasteiger partial charge < -0.3 is 10.2 Å². The van der Waals surface area contributed by atoms with Crippen molar-refractivity contribution in [2.75, 3.05) is 26.0 Å². The minimum atomic E-state index is -0.198. The molecule has 0 bridgehead atoms. The van der Waals surface area contributed by atoms with Crippen LogP contribution in [0.4, 0.5) is 9.52 Å². The monoisotopic (exact) mass is 298 g/mol. The van der Waals surface area contributed by atoms with Crippen molar-refractivity contribution in [1.29, 1.82) is 0 Å². The third-order valence-corrected chi connectivity index (χ3v) is 4.65. The van der Waals surface area contributed by atoms with Gasteiger partial charge in [0, 0.05) is 31.1 Å². The van der Waals surface area contributed by atoms with Crippen molar-refractivity contribution in [2.45, 2.75) is 15.8 Å². The fraction of sp³-hybridized carbons (Fsp3) is 0.333. The second kappa shape index (κ2) is 6.31. The SMILES string of the molecule is CNCc1c(F)cccc1Sc1nnc(N(C)C)s1. The number of nitrogens with one attached hydrogen (secondary N) is 1. The molecule has 0 aliphatic carbocycles. The molecular formula is C12H15FN4S2. The van der Waals surface area contributed by atoms with E-state index < -0.39 is 0 Å². The Labute approximate surface area is 120 Å². The minimum Gasteiger partial charge on any atom is -0.353 e. The molecule has 0 radical (unpaired) electrons.